The minimum atomic E-state index is -4.30. The van der Waals surface area contributed by atoms with Crippen molar-refractivity contribution in [1.82, 2.24) is 0 Å². The lowest BCUT2D eigenvalue weighted by atomic mass is 10.1. The number of unbranched alkanes of at least 4 members (excludes halogenated alkanes) is 21. The van der Waals surface area contributed by atoms with E-state index < -0.39 is 13.9 Å². The Morgan fingerprint density at radius 2 is 0.848 bits per heavy atom. The van der Waals surface area contributed by atoms with Gasteiger partial charge in [-0.2, -0.15) is 0 Å². The highest BCUT2D eigenvalue weighted by molar-refractivity contribution is 7.47. The van der Waals surface area contributed by atoms with Crippen LogP contribution >= 0.6 is 7.82 Å². The summed E-state index contributed by atoms with van der Waals surface area (Å²) in [5.41, 5.74) is 5.39. The highest BCUT2D eigenvalue weighted by Crippen LogP contribution is 2.43. The molecular formula is C57H100NO7P. The summed E-state index contributed by atoms with van der Waals surface area (Å²) in [6, 6.07) is 0. The van der Waals surface area contributed by atoms with E-state index in [9.17, 15) is 14.3 Å². The fourth-order valence-electron chi connectivity index (χ4n) is 7.09. The molecule has 0 heterocycles. The number of ether oxygens (including phenoxy) is 2. The van der Waals surface area contributed by atoms with E-state index in [0.29, 0.717) is 13.0 Å². The number of carbonyl (C=O) groups is 1. The standard InChI is InChI=1S/C57H100NO7P/c1-3-5-7-9-11-13-15-17-19-21-23-25-27-29-31-33-35-37-39-41-43-45-47-49-52-62-54-56(55-64-66(60,61)63-53-51-58)65-57(59)50-48-46-44-42-40-38-36-34-32-30-28-26-24-22-20-18-16-14-12-10-8-6-4-2/h6,8,12,14-15,17-18,20-21,23-24,26-27,29-30,32,56H,3-5,7,9-11,13,16,19,22,25,28,31,33-55,58H2,1-2H3,(H,60,61)/b8-6-,14-12-,17-15-,20-18-,23-21-,26-24-,29-27-,32-30-. The van der Waals surface area contributed by atoms with Crippen molar-refractivity contribution >= 4 is 13.8 Å². The summed E-state index contributed by atoms with van der Waals surface area (Å²) in [5.74, 6) is -0.346. The van der Waals surface area contributed by atoms with Crippen molar-refractivity contribution in [3.05, 3.63) is 97.2 Å². The molecule has 0 radical (unpaired) electrons. The lowest BCUT2D eigenvalue weighted by Crippen LogP contribution is -2.28. The van der Waals surface area contributed by atoms with Gasteiger partial charge >= 0.3 is 13.8 Å². The van der Waals surface area contributed by atoms with Crippen molar-refractivity contribution in [2.24, 2.45) is 5.73 Å². The van der Waals surface area contributed by atoms with Crippen LogP contribution in [0.3, 0.4) is 0 Å². The number of esters is 1. The zero-order chi connectivity index (χ0) is 48.0. The Morgan fingerprint density at radius 1 is 0.470 bits per heavy atom. The predicted octanol–water partition coefficient (Wildman–Crippen LogP) is 17.0. The maximum absolute atomic E-state index is 12.7. The van der Waals surface area contributed by atoms with Crippen molar-refractivity contribution in [3.63, 3.8) is 0 Å². The molecule has 2 unspecified atom stereocenters. The van der Waals surface area contributed by atoms with Gasteiger partial charge in [-0.25, -0.2) is 4.57 Å². The molecule has 0 saturated heterocycles. The molecule has 0 aliphatic carbocycles. The minimum Gasteiger partial charge on any atom is -0.457 e. The van der Waals surface area contributed by atoms with E-state index in [0.717, 1.165) is 89.9 Å². The molecule has 0 fully saturated rings. The second-order valence-corrected chi connectivity index (χ2v) is 18.8. The Morgan fingerprint density at radius 3 is 1.27 bits per heavy atom. The van der Waals surface area contributed by atoms with E-state index >= 15 is 0 Å². The number of hydrogen-bond donors (Lipinski definition) is 2. The number of nitrogens with two attached hydrogens (primary N) is 1. The van der Waals surface area contributed by atoms with Gasteiger partial charge in [-0.3, -0.25) is 13.8 Å². The summed E-state index contributed by atoms with van der Waals surface area (Å²) < 4.78 is 33.6. The zero-order valence-electron chi connectivity index (χ0n) is 42.4. The van der Waals surface area contributed by atoms with Gasteiger partial charge in [0.2, 0.25) is 0 Å². The lowest BCUT2D eigenvalue weighted by Gasteiger charge is -2.20. The van der Waals surface area contributed by atoms with Gasteiger partial charge in [-0.05, 0) is 96.3 Å². The van der Waals surface area contributed by atoms with Crippen LogP contribution in [-0.4, -0.2) is 49.9 Å². The van der Waals surface area contributed by atoms with Crippen molar-refractivity contribution < 1.29 is 32.8 Å². The van der Waals surface area contributed by atoms with Crippen LogP contribution in [0.25, 0.3) is 0 Å². The second kappa shape index (κ2) is 53.4. The fraction of sp³-hybridized carbons (Fsp3) is 0.702. The second-order valence-electron chi connectivity index (χ2n) is 17.4. The zero-order valence-corrected chi connectivity index (χ0v) is 43.3. The van der Waals surface area contributed by atoms with Gasteiger partial charge in [-0.15, -0.1) is 0 Å². The SMILES string of the molecule is CC/C=C\C/C=C\C/C=C\C/C=C\C/C=C\CCCCCCCCCC(=O)OC(COCCCCCCCCCCC/C=C\C/C=C\C/C=C\CCCCCCC)COP(=O)(O)OCCN. The Labute approximate surface area is 406 Å². The quantitative estimate of drug-likeness (QED) is 0.0268. The molecule has 0 aromatic rings. The third-order valence-electron chi connectivity index (χ3n) is 11.0. The van der Waals surface area contributed by atoms with Gasteiger partial charge < -0.3 is 20.1 Å². The van der Waals surface area contributed by atoms with Crippen LogP contribution in [0.2, 0.25) is 0 Å². The summed E-state index contributed by atoms with van der Waals surface area (Å²) in [6.07, 6.45) is 71.5. The van der Waals surface area contributed by atoms with Crippen LogP contribution in [0.15, 0.2) is 97.2 Å². The molecular weight excluding hydrogens is 842 g/mol. The normalized spacial score (nSPS) is 14.1. The monoisotopic (exact) mass is 942 g/mol. The Bertz CT molecular complexity index is 1330. The fourth-order valence-corrected chi connectivity index (χ4v) is 7.85. The molecule has 0 spiro atoms. The molecule has 0 amide bonds. The van der Waals surface area contributed by atoms with E-state index in [1.54, 1.807) is 0 Å². The molecule has 0 aliphatic heterocycles. The number of hydrogen-bond acceptors (Lipinski definition) is 7. The molecule has 0 aromatic carbocycles. The van der Waals surface area contributed by atoms with Crippen molar-refractivity contribution in [1.29, 1.82) is 0 Å². The van der Waals surface area contributed by atoms with Crippen LogP contribution in [-0.2, 0) is 27.9 Å². The number of allylic oxidation sites excluding steroid dienone is 16. The van der Waals surface area contributed by atoms with Gasteiger partial charge in [0.05, 0.1) is 19.8 Å². The van der Waals surface area contributed by atoms with Crippen LogP contribution in [0.5, 0.6) is 0 Å². The van der Waals surface area contributed by atoms with Gasteiger partial charge in [-0.1, -0.05) is 214 Å². The van der Waals surface area contributed by atoms with Gasteiger partial charge in [0, 0.05) is 19.6 Å². The average Bonchev–Trinajstić information content (AvgIpc) is 3.31. The van der Waals surface area contributed by atoms with E-state index in [4.69, 9.17) is 24.3 Å². The third-order valence-corrected chi connectivity index (χ3v) is 12.0. The molecule has 66 heavy (non-hydrogen) atoms. The molecule has 3 N–H and O–H groups in total. The first kappa shape index (κ1) is 63.4. The molecule has 0 bridgehead atoms. The van der Waals surface area contributed by atoms with Gasteiger partial charge in [0.15, 0.2) is 0 Å². The summed E-state index contributed by atoms with van der Waals surface area (Å²) >= 11 is 0. The van der Waals surface area contributed by atoms with E-state index in [-0.39, 0.29) is 32.3 Å². The maximum Gasteiger partial charge on any atom is 0.472 e. The van der Waals surface area contributed by atoms with Crippen molar-refractivity contribution in [2.75, 3.05) is 33.0 Å². The lowest BCUT2D eigenvalue weighted by molar-refractivity contribution is -0.154. The van der Waals surface area contributed by atoms with Crippen LogP contribution < -0.4 is 5.73 Å². The molecule has 9 heteroatoms. The molecule has 0 saturated carbocycles. The van der Waals surface area contributed by atoms with Crippen LogP contribution in [0.1, 0.15) is 219 Å². The molecule has 0 rings (SSSR count). The molecule has 0 aliphatic rings. The summed E-state index contributed by atoms with van der Waals surface area (Å²) in [5, 5.41) is 0. The van der Waals surface area contributed by atoms with Gasteiger partial charge in [0.25, 0.3) is 0 Å². The minimum absolute atomic E-state index is 0.0922. The molecule has 2 atom stereocenters. The van der Waals surface area contributed by atoms with E-state index in [1.807, 2.05) is 0 Å². The van der Waals surface area contributed by atoms with E-state index in [2.05, 4.69) is 111 Å². The number of phosphoric acid groups is 1. The highest BCUT2D eigenvalue weighted by atomic mass is 31.2. The largest absolute Gasteiger partial charge is 0.472 e. The highest BCUT2D eigenvalue weighted by Gasteiger charge is 2.25. The Balaban J connectivity index is 4.00. The number of rotatable bonds is 50. The van der Waals surface area contributed by atoms with E-state index in [1.165, 1.54) is 109 Å². The van der Waals surface area contributed by atoms with Crippen molar-refractivity contribution in [2.45, 2.75) is 225 Å². The molecule has 0 aromatic heterocycles. The molecule has 8 nitrogen and oxygen atoms in total. The number of carbonyl (C=O) groups excluding carboxylic acids is 1. The average molecular weight is 942 g/mol. The molecule has 380 valence electrons. The Hall–Kier alpha value is -2.58. The topological polar surface area (TPSA) is 117 Å². The predicted molar refractivity (Wildman–Crippen MR) is 284 cm³/mol. The maximum atomic E-state index is 12.7. The first-order chi connectivity index (χ1) is 32.4. The third kappa shape index (κ3) is 52.4. The first-order valence-electron chi connectivity index (χ1n) is 26.7. The smallest absolute Gasteiger partial charge is 0.457 e. The summed E-state index contributed by atoms with van der Waals surface area (Å²) in [7, 11) is -4.30. The van der Waals surface area contributed by atoms with Crippen LogP contribution in [0.4, 0.5) is 0 Å². The Kier molecular flexibility index (Phi) is 51.3. The first-order valence-corrected chi connectivity index (χ1v) is 28.2. The van der Waals surface area contributed by atoms with Crippen molar-refractivity contribution in [3.8, 4) is 0 Å². The summed E-state index contributed by atoms with van der Waals surface area (Å²) in [4.78, 5) is 22.6. The van der Waals surface area contributed by atoms with Gasteiger partial charge in [0.1, 0.15) is 6.10 Å². The number of phosphoric ester groups is 1. The van der Waals surface area contributed by atoms with Crippen LogP contribution in [0, 0.1) is 0 Å². The summed E-state index contributed by atoms with van der Waals surface area (Å²) in [6.45, 7) is 4.77.